The lowest BCUT2D eigenvalue weighted by atomic mass is 9.96. The van der Waals surface area contributed by atoms with Crippen LogP contribution in [0.15, 0.2) is 41.2 Å². The summed E-state index contributed by atoms with van der Waals surface area (Å²) in [6.45, 7) is 0.999. The molecule has 88 valence electrons. The monoisotopic (exact) mass is 229 g/mol. The zero-order valence-electron chi connectivity index (χ0n) is 9.62. The summed E-state index contributed by atoms with van der Waals surface area (Å²) < 4.78 is 4.85. The van der Waals surface area contributed by atoms with Gasteiger partial charge in [0, 0.05) is 6.54 Å². The van der Waals surface area contributed by atoms with Gasteiger partial charge in [0.05, 0.1) is 6.04 Å². The minimum absolute atomic E-state index is 0.377. The van der Waals surface area contributed by atoms with E-state index in [9.17, 15) is 0 Å². The first-order valence-electron chi connectivity index (χ1n) is 6.03. The van der Waals surface area contributed by atoms with Crippen LogP contribution in [0.2, 0.25) is 0 Å². The van der Waals surface area contributed by atoms with Gasteiger partial charge in [0.25, 0.3) is 5.95 Å². The molecule has 3 rings (SSSR count). The second kappa shape index (κ2) is 4.57. The molecule has 1 unspecified atom stereocenters. The molecule has 4 nitrogen and oxygen atoms in total. The van der Waals surface area contributed by atoms with Crippen LogP contribution in [-0.4, -0.2) is 16.7 Å². The number of anilines is 1. The molecule has 1 aliphatic heterocycles. The van der Waals surface area contributed by atoms with E-state index in [1.807, 2.05) is 6.07 Å². The summed E-state index contributed by atoms with van der Waals surface area (Å²) in [7, 11) is 0. The summed E-state index contributed by atoms with van der Waals surface area (Å²) in [5.41, 5.74) is 1.33. The molecule has 0 saturated carbocycles. The Kier molecular flexibility index (Phi) is 2.78. The van der Waals surface area contributed by atoms with E-state index in [1.165, 1.54) is 24.8 Å². The molecule has 0 aliphatic carbocycles. The summed E-state index contributed by atoms with van der Waals surface area (Å²) >= 11 is 0. The topological polar surface area (TPSA) is 42.2 Å². The average Bonchev–Trinajstić information content (AvgIpc) is 2.94. The van der Waals surface area contributed by atoms with E-state index < -0.39 is 0 Å². The molecule has 1 aliphatic rings. The molecular formula is C13H15N3O. The van der Waals surface area contributed by atoms with Crippen LogP contribution >= 0.6 is 0 Å². The molecule has 1 aromatic carbocycles. The van der Waals surface area contributed by atoms with E-state index in [0.29, 0.717) is 12.0 Å². The van der Waals surface area contributed by atoms with Crippen LogP contribution in [0.1, 0.15) is 30.9 Å². The predicted molar refractivity (Wildman–Crippen MR) is 64.7 cm³/mol. The van der Waals surface area contributed by atoms with Gasteiger partial charge in [0.15, 0.2) is 0 Å². The molecule has 0 amide bonds. The molecule has 1 fully saturated rings. The molecule has 1 saturated heterocycles. The van der Waals surface area contributed by atoms with E-state index in [1.54, 1.807) is 0 Å². The van der Waals surface area contributed by atoms with Gasteiger partial charge in [-0.25, -0.2) is 0 Å². The Labute approximate surface area is 100 Å². The van der Waals surface area contributed by atoms with Gasteiger partial charge in [-0.15, -0.1) is 0 Å². The molecule has 1 aromatic heterocycles. The normalized spacial score (nSPS) is 20.5. The van der Waals surface area contributed by atoms with Gasteiger partial charge in [-0.05, 0) is 30.0 Å². The first-order valence-corrected chi connectivity index (χ1v) is 6.03. The highest BCUT2D eigenvalue weighted by Gasteiger charge is 2.26. The van der Waals surface area contributed by atoms with Gasteiger partial charge < -0.3 is 9.42 Å². The van der Waals surface area contributed by atoms with Crippen LogP contribution in [0.3, 0.4) is 0 Å². The lowest BCUT2D eigenvalue weighted by Crippen LogP contribution is -2.34. The van der Waals surface area contributed by atoms with Crippen molar-refractivity contribution in [3.05, 3.63) is 42.3 Å². The minimum atomic E-state index is 0.377. The number of piperidine rings is 1. The molecule has 1 atom stereocenters. The molecular weight excluding hydrogens is 214 g/mol. The molecule has 2 aromatic rings. The van der Waals surface area contributed by atoms with Crippen molar-refractivity contribution in [2.75, 3.05) is 11.4 Å². The first kappa shape index (κ1) is 10.3. The SMILES string of the molecule is c1ccc(C2CCCCN2c2ncon2)cc1. The third kappa shape index (κ3) is 2.02. The number of benzene rings is 1. The van der Waals surface area contributed by atoms with E-state index in [2.05, 4.69) is 39.3 Å². The van der Waals surface area contributed by atoms with Crippen molar-refractivity contribution in [2.45, 2.75) is 25.3 Å². The van der Waals surface area contributed by atoms with Crippen LogP contribution in [-0.2, 0) is 0 Å². The van der Waals surface area contributed by atoms with Crippen molar-refractivity contribution in [2.24, 2.45) is 0 Å². The molecule has 0 N–H and O–H groups in total. The van der Waals surface area contributed by atoms with Crippen LogP contribution in [0, 0.1) is 0 Å². The largest absolute Gasteiger partial charge is 0.341 e. The van der Waals surface area contributed by atoms with Crippen LogP contribution in [0.5, 0.6) is 0 Å². The summed E-state index contributed by atoms with van der Waals surface area (Å²) in [6.07, 6.45) is 5.00. The van der Waals surface area contributed by atoms with Gasteiger partial charge in [-0.2, -0.15) is 4.98 Å². The van der Waals surface area contributed by atoms with Crippen molar-refractivity contribution < 1.29 is 4.52 Å². The zero-order chi connectivity index (χ0) is 11.5. The summed E-state index contributed by atoms with van der Waals surface area (Å²) in [6, 6.07) is 10.9. The lowest BCUT2D eigenvalue weighted by molar-refractivity contribution is 0.405. The van der Waals surface area contributed by atoms with Crippen molar-refractivity contribution >= 4 is 5.95 Å². The Bertz CT molecular complexity index is 455. The fourth-order valence-electron chi connectivity index (χ4n) is 2.48. The molecule has 17 heavy (non-hydrogen) atoms. The Morgan fingerprint density at radius 3 is 2.82 bits per heavy atom. The molecule has 2 heterocycles. The number of hydrogen-bond donors (Lipinski definition) is 0. The standard InChI is InChI=1S/C13H15N3O/c1-2-6-11(7-3-1)12-8-4-5-9-16(12)13-14-10-17-15-13/h1-3,6-7,10,12H,4-5,8-9H2. The Hall–Kier alpha value is -1.84. The highest BCUT2D eigenvalue weighted by molar-refractivity contribution is 5.35. The second-order valence-corrected chi connectivity index (χ2v) is 4.35. The first-order chi connectivity index (χ1) is 8.45. The Morgan fingerprint density at radius 2 is 2.06 bits per heavy atom. The van der Waals surface area contributed by atoms with Gasteiger partial charge in [-0.3, -0.25) is 0 Å². The van der Waals surface area contributed by atoms with Gasteiger partial charge >= 0.3 is 0 Å². The maximum absolute atomic E-state index is 4.85. The lowest BCUT2D eigenvalue weighted by Gasteiger charge is -2.34. The number of nitrogens with zero attached hydrogens (tertiary/aromatic N) is 3. The van der Waals surface area contributed by atoms with Gasteiger partial charge in [0.2, 0.25) is 6.39 Å². The quantitative estimate of drug-likeness (QED) is 0.794. The van der Waals surface area contributed by atoms with Crippen molar-refractivity contribution in [1.29, 1.82) is 0 Å². The fraction of sp³-hybridized carbons (Fsp3) is 0.385. The van der Waals surface area contributed by atoms with E-state index in [0.717, 1.165) is 13.0 Å². The summed E-state index contributed by atoms with van der Waals surface area (Å²) in [5, 5.41) is 3.96. The van der Waals surface area contributed by atoms with Crippen LogP contribution < -0.4 is 4.90 Å². The van der Waals surface area contributed by atoms with E-state index >= 15 is 0 Å². The smallest absolute Gasteiger partial charge is 0.266 e. The third-order valence-corrected chi connectivity index (χ3v) is 3.29. The zero-order valence-corrected chi connectivity index (χ0v) is 9.62. The second-order valence-electron chi connectivity index (χ2n) is 4.35. The maximum Gasteiger partial charge on any atom is 0.266 e. The number of aromatic nitrogens is 2. The van der Waals surface area contributed by atoms with Gasteiger partial charge in [-0.1, -0.05) is 30.3 Å². The highest BCUT2D eigenvalue weighted by Crippen LogP contribution is 2.32. The van der Waals surface area contributed by atoms with Crippen molar-refractivity contribution in [3.63, 3.8) is 0 Å². The molecule has 0 bridgehead atoms. The fourth-order valence-corrected chi connectivity index (χ4v) is 2.48. The Morgan fingerprint density at radius 1 is 1.18 bits per heavy atom. The summed E-state index contributed by atoms with van der Waals surface area (Å²) in [4.78, 5) is 6.40. The van der Waals surface area contributed by atoms with Crippen molar-refractivity contribution in [3.8, 4) is 0 Å². The Balaban J connectivity index is 1.91. The maximum atomic E-state index is 4.85. The van der Waals surface area contributed by atoms with Crippen LogP contribution in [0.25, 0.3) is 0 Å². The molecule has 0 radical (unpaired) electrons. The molecule has 4 heteroatoms. The van der Waals surface area contributed by atoms with E-state index in [4.69, 9.17) is 4.52 Å². The van der Waals surface area contributed by atoms with Crippen LogP contribution in [0.4, 0.5) is 5.95 Å². The number of hydrogen-bond acceptors (Lipinski definition) is 4. The highest BCUT2D eigenvalue weighted by atomic mass is 16.5. The third-order valence-electron chi connectivity index (χ3n) is 3.29. The average molecular weight is 229 g/mol. The predicted octanol–water partition coefficient (Wildman–Crippen LogP) is 2.80. The van der Waals surface area contributed by atoms with Gasteiger partial charge in [0.1, 0.15) is 0 Å². The molecule has 0 spiro atoms. The minimum Gasteiger partial charge on any atom is -0.341 e. The summed E-state index contributed by atoms with van der Waals surface area (Å²) in [5.74, 6) is 0.707. The van der Waals surface area contributed by atoms with Crippen molar-refractivity contribution in [1.82, 2.24) is 10.1 Å². The number of rotatable bonds is 2. The van der Waals surface area contributed by atoms with E-state index in [-0.39, 0.29) is 0 Å².